The minimum absolute atomic E-state index is 0.191. The van der Waals surface area contributed by atoms with Crippen molar-refractivity contribution in [3.05, 3.63) is 107 Å². The molecule has 0 amide bonds. The summed E-state index contributed by atoms with van der Waals surface area (Å²) in [6, 6.07) is 22.9. The van der Waals surface area contributed by atoms with Gasteiger partial charge in [0.25, 0.3) is 0 Å². The standard InChI is InChI=1S/C25H20Cl2N4OS/c1-32-22-10-3-2-8-20(22)31-24(23(29-25(31)33)18-7-4-5-13-28-18)21-9-6-14-30(21)19-12-11-16(26)15-17(19)27/h2-15,23-24H,1H3,(H,29,33)/t23-,24+/m1/s1. The number of hydrogen-bond donors (Lipinski definition) is 1. The molecule has 0 unspecified atom stereocenters. The summed E-state index contributed by atoms with van der Waals surface area (Å²) in [5.74, 6) is 0.732. The van der Waals surface area contributed by atoms with Gasteiger partial charge in [0, 0.05) is 23.1 Å². The molecule has 2 aromatic heterocycles. The zero-order chi connectivity index (χ0) is 22.9. The fourth-order valence-electron chi connectivity index (χ4n) is 4.27. The quantitative estimate of drug-likeness (QED) is 0.326. The summed E-state index contributed by atoms with van der Waals surface area (Å²) in [6.45, 7) is 0. The van der Waals surface area contributed by atoms with Gasteiger partial charge in [0.2, 0.25) is 0 Å². The van der Waals surface area contributed by atoms with E-state index in [0.29, 0.717) is 15.2 Å². The first-order valence-corrected chi connectivity index (χ1v) is 11.5. The van der Waals surface area contributed by atoms with Gasteiger partial charge in [0.1, 0.15) is 11.8 Å². The van der Waals surface area contributed by atoms with Gasteiger partial charge >= 0.3 is 0 Å². The molecule has 0 spiro atoms. The van der Waals surface area contributed by atoms with Crippen LogP contribution < -0.4 is 15.0 Å². The number of methoxy groups -OCH3 is 1. The van der Waals surface area contributed by atoms with Crippen LogP contribution in [0.5, 0.6) is 5.75 Å². The lowest BCUT2D eigenvalue weighted by molar-refractivity contribution is 0.414. The van der Waals surface area contributed by atoms with Crippen molar-refractivity contribution in [1.82, 2.24) is 14.9 Å². The normalized spacial score (nSPS) is 17.8. The van der Waals surface area contributed by atoms with Gasteiger partial charge in [-0.05, 0) is 66.8 Å². The maximum Gasteiger partial charge on any atom is 0.174 e. The highest BCUT2D eigenvalue weighted by atomic mass is 35.5. The lowest BCUT2D eigenvalue weighted by Crippen LogP contribution is -2.30. The first-order chi connectivity index (χ1) is 16.1. The maximum absolute atomic E-state index is 6.59. The zero-order valence-electron chi connectivity index (χ0n) is 17.7. The highest BCUT2D eigenvalue weighted by molar-refractivity contribution is 7.80. The minimum atomic E-state index is -0.217. The van der Waals surface area contributed by atoms with Gasteiger partial charge in [-0.15, -0.1) is 0 Å². The molecular weight excluding hydrogens is 475 g/mol. The van der Waals surface area contributed by atoms with E-state index >= 15 is 0 Å². The summed E-state index contributed by atoms with van der Waals surface area (Å²) >= 11 is 18.6. The highest BCUT2D eigenvalue weighted by Crippen LogP contribution is 2.45. The lowest BCUT2D eigenvalue weighted by atomic mass is 10.0. The third kappa shape index (κ3) is 3.95. The smallest absolute Gasteiger partial charge is 0.174 e. The van der Waals surface area contributed by atoms with E-state index < -0.39 is 0 Å². The predicted octanol–water partition coefficient (Wildman–Crippen LogP) is 6.36. The monoisotopic (exact) mass is 494 g/mol. The number of benzene rings is 2. The summed E-state index contributed by atoms with van der Waals surface area (Å²) in [6.07, 6.45) is 3.78. The fourth-order valence-corrected chi connectivity index (χ4v) is 5.11. The lowest BCUT2D eigenvalue weighted by Gasteiger charge is -2.30. The van der Waals surface area contributed by atoms with Crippen molar-refractivity contribution in [2.24, 2.45) is 0 Å². The van der Waals surface area contributed by atoms with Crippen molar-refractivity contribution in [3.63, 3.8) is 0 Å². The van der Waals surface area contributed by atoms with E-state index in [1.807, 2.05) is 66.9 Å². The van der Waals surface area contributed by atoms with Gasteiger partial charge in [-0.3, -0.25) is 4.98 Å². The number of para-hydroxylation sites is 2. The molecule has 2 atom stereocenters. The second kappa shape index (κ2) is 9.06. The molecule has 1 aliphatic heterocycles. The molecule has 5 nitrogen and oxygen atoms in total. The Morgan fingerprint density at radius 3 is 2.55 bits per heavy atom. The molecular formula is C25H20Cl2N4OS. The average molecular weight is 495 g/mol. The molecule has 1 aliphatic rings. The molecule has 0 aliphatic carbocycles. The van der Waals surface area contributed by atoms with E-state index in [2.05, 4.69) is 25.8 Å². The Hall–Kier alpha value is -3.06. The molecule has 1 N–H and O–H groups in total. The third-order valence-electron chi connectivity index (χ3n) is 5.70. The number of nitrogens with zero attached hydrogens (tertiary/aromatic N) is 3. The van der Waals surface area contributed by atoms with Crippen LogP contribution in [0.3, 0.4) is 0 Å². The summed E-state index contributed by atoms with van der Waals surface area (Å²) in [5.41, 5.74) is 3.58. The van der Waals surface area contributed by atoms with Crippen molar-refractivity contribution in [2.45, 2.75) is 12.1 Å². The van der Waals surface area contributed by atoms with E-state index in [4.69, 9.17) is 40.2 Å². The number of halogens is 2. The van der Waals surface area contributed by atoms with Gasteiger partial charge in [0.05, 0.1) is 35.2 Å². The molecule has 8 heteroatoms. The molecule has 1 saturated heterocycles. The zero-order valence-corrected chi connectivity index (χ0v) is 20.0. The van der Waals surface area contributed by atoms with E-state index in [1.165, 1.54) is 0 Å². The van der Waals surface area contributed by atoms with Crippen molar-refractivity contribution in [3.8, 4) is 11.4 Å². The molecule has 33 heavy (non-hydrogen) atoms. The van der Waals surface area contributed by atoms with Crippen molar-refractivity contribution >= 4 is 46.2 Å². The van der Waals surface area contributed by atoms with Crippen molar-refractivity contribution in [2.75, 3.05) is 12.0 Å². The Labute approximate surface area is 207 Å². The average Bonchev–Trinajstić information content (AvgIpc) is 3.43. The van der Waals surface area contributed by atoms with Crippen LogP contribution in [0, 0.1) is 0 Å². The molecule has 5 rings (SSSR count). The first kappa shape index (κ1) is 21.8. The summed E-state index contributed by atoms with van der Waals surface area (Å²) in [4.78, 5) is 6.71. The maximum atomic E-state index is 6.59. The molecule has 3 heterocycles. The Balaban J connectivity index is 1.70. The van der Waals surface area contributed by atoms with E-state index in [9.17, 15) is 0 Å². The molecule has 0 bridgehead atoms. The number of aromatic nitrogens is 2. The molecule has 0 saturated carbocycles. The molecule has 4 aromatic rings. The first-order valence-electron chi connectivity index (χ1n) is 10.3. The third-order valence-corrected chi connectivity index (χ3v) is 6.55. The summed E-state index contributed by atoms with van der Waals surface area (Å²) in [7, 11) is 1.66. The number of rotatable bonds is 5. The molecule has 166 valence electrons. The number of ether oxygens (including phenoxy) is 1. The van der Waals surface area contributed by atoms with E-state index in [0.717, 1.165) is 28.5 Å². The summed E-state index contributed by atoms with van der Waals surface area (Å²) in [5, 5.41) is 5.22. The predicted molar refractivity (Wildman–Crippen MR) is 137 cm³/mol. The summed E-state index contributed by atoms with van der Waals surface area (Å²) < 4.78 is 7.74. The topological polar surface area (TPSA) is 42.3 Å². The van der Waals surface area contributed by atoms with Gasteiger partial charge in [0.15, 0.2) is 5.11 Å². The Morgan fingerprint density at radius 2 is 1.79 bits per heavy atom. The minimum Gasteiger partial charge on any atom is -0.495 e. The SMILES string of the molecule is COc1ccccc1N1C(=S)N[C@H](c2ccccn2)[C@@H]1c1cccn1-c1ccc(Cl)cc1Cl. The van der Waals surface area contributed by atoms with Crippen LogP contribution in [-0.2, 0) is 0 Å². The molecule has 1 fully saturated rings. The van der Waals surface area contributed by atoms with Crippen LogP contribution in [0.1, 0.15) is 23.5 Å². The second-order valence-electron chi connectivity index (χ2n) is 7.57. The van der Waals surface area contributed by atoms with Crippen LogP contribution in [0.15, 0.2) is 85.2 Å². The number of pyridine rings is 1. The van der Waals surface area contributed by atoms with Crippen LogP contribution in [0.25, 0.3) is 5.69 Å². The molecule has 0 radical (unpaired) electrons. The molecule has 2 aromatic carbocycles. The highest BCUT2D eigenvalue weighted by Gasteiger charge is 2.43. The number of nitrogens with one attached hydrogen (secondary N) is 1. The van der Waals surface area contributed by atoms with Gasteiger partial charge in [-0.1, -0.05) is 41.4 Å². The fraction of sp³-hybridized carbons (Fsp3) is 0.120. The van der Waals surface area contributed by atoms with Crippen LogP contribution in [0.4, 0.5) is 5.69 Å². The number of anilines is 1. The van der Waals surface area contributed by atoms with Crippen molar-refractivity contribution in [1.29, 1.82) is 0 Å². The second-order valence-corrected chi connectivity index (χ2v) is 8.80. The van der Waals surface area contributed by atoms with Crippen molar-refractivity contribution < 1.29 is 4.74 Å². The van der Waals surface area contributed by atoms with Gasteiger partial charge in [-0.2, -0.15) is 0 Å². The largest absolute Gasteiger partial charge is 0.495 e. The Morgan fingerprint density at radius 1 is 0.970 bits per heavy atom. The van der Waals surface area contributed by atoms with Crippen LogP contribution in [0.2, 0.25) is 10.0 Å². The van der Waals surface area contributed by atoms with E-state index in [1.54, 1.807) is 19.4 Å². The number of hydrogen-bond acceptors (Lipinski definition) is 3. The van der Waals surface area contributed by atoms with E-state index in [-0.39, 0.29) is 12.1 Å². The van der Waals surface area contributed by atoms with Gasteiger partial charge in [-0.25, -0.2) is 0 Å². The van der Waals surface area contributed by atoms with Crippen LogP contribution in [-0.4, -0.2) is 21.8 Å². The Kier molecular flexibility index (Phi) is 5.98. The number of thiocarbonyl (C=S) groups is 1. The van der Waals surface area contributed by atoms with Crippen LogP contribution >= 0.6 is 35.4 Å². The van der Waals surface area contributed by atoms with Gasteiger partial charge < -0.3 is 19.5 Å². The Bertz CT molecular complexity index is 1310.